The van der Waals surface area contributed by atoms with E-state index in [1.807, 2.05) is 0 Å². The molecular weight excluding hydrogens is 256 g/mol. The number of aromatic nitrogens is 1. The first-order valence-electron chi connectivity index (χ1n) is 5.91. The molecule has 0 spiro atoms. The summed E-state index contributed by atoms with van der Waals surface area (Å²) in [6, 6.07) is 1.31. The van der Waals surface area contributed by atoms with E-state index in [2.05, 4.69) is 15.6 Å². The predicted molar refractivity (Wildman–Crippen MR) is 70.0 cm³/mol. The van der Waals surface area contributed by atoms with Gasteiger partial charge in [-0.1, -0.05) is 11.6 Å². The summed E-state index contributed by atoms with van der Waals surface area (Å²) in [7, 11) is 0. The van der Waals surface area contributed by atoms with Crippen LogP contribution >= 0.6 is 11.6 Å². The number of nitrogens with one attached hydrogen (secondary N) is 2. The van der Waals surface area contributed by atoms with Crippen molar-refractivity contribution in [2.75, 3.05) is 25.0 Å². The first-order chi connectivity index (χ1) is 8.66. The number of rotatable bonds is 5. The van der Waals surface area contributed by atoms with E-state index in [4.69, 9.17) is 11.6 Å². The van der Waals surface area contributed by atoms with Crippen molar-refractivity contribution in [3.63, 3.8) is 0 Å². The Labute approximate surface area is 110 Å². The molecule has 18 heavy (non-hydrogen) atoms. The summed E-state index contributed by atoms with van der Waals surface area (Å²) in [6.07, 6.45) is 3.45. The zero-order valence-corrected chi connectivity index (χ0v) is 10.6. The van der Waals surface area contributed by atoms with E-state index in [0.29, 0.717) is 11.7 Å². The van der Waals surface area contributed by atoms with Gasteiger partial charge >= 0.3 is 0 Å². The number of nitrogens with zero attached hydrogens (tertiary/aromatic N) is 2. The molecule has 0 saturated carbocycles. The molecule has 2 rings (SSSR count). The van der Waals surface area contributed by atoms with Crippen molar-refractivity contribution < 1.29 is 4.92 Å². The van der Waals surface area contributed by atoms with Gasteiger partial charge in [-0.05, 0) is 31.8 Å². The Morgan fingerprint density at radius 3 is 3.11 bits per heavy atom. The third-order valence-corrected chi connectivity index (χ3v) is 3.33. The maximum absolute atomic E-state index is 10.5. The Balaban J connectivity index is 1.87. The van der Waals surface area contributed by atoms with Crippen LogP contribution in [-0.4, -0.2) is 29.5 Å². The first kappa shape index (κ1) is 13.0. The normalized spacial score (nSPS) is 18.8. The number of hydrogen-bond acceptors (Lipinski definition) is 5. The fourth-order valence-electron chi connectivity index (χ4n) is 2.01. The van der Waals surface area contributed by atoms with Gasteiger partial charge in [-0.2, -0.15) is 0 Å². The zero-order chi connectivity index (χ0) is 13.0. The highest BCUT2D eigenvalue weighted by molar-refractivity contribution is 6.33. The smallest absolute Gasteiger partial charge is 0.289 e. The Hall–Kier alpha value is -1.40. The first-order valence-corrected chi connectivity index (χ1v) is 6.29. The van der Waals surface area contributed by atoms with Gasteiger partial charge in [-0.15, -0.1) is 0 Å². The van der Waals surface area contributed by atoms with E-state index in [1.54, 1.807) is 0 Å². The van der Waals surface area contributed by atoms with E-state index >= 15 is 0 Å². The molecule has 6 nitrogen and oxygen atoms in total. The molecule has 1 aliphatic heterocycles. The van der Waals surface area contributed by atoms with Crippen LogP contribution < -0.4 is 10.6 Å². The number of nitro groups is 1. The van der Waals surface area contributed by atoms with Crippen molar-refractivity contribution in [1.29, 1.82) is 0 Å². The highest BCUT2D eigenvalue weighted by Crippen LogP contribution is 2.24. The van der Waals surface area contributed by atoms with Crippen LogP contribution in [-0.2, 0) is 0 Å². The topological polar surface area (TPSA) is 80.1 Å². The van der Waals surface area contributed by atoms with E-state index in [9.17, 15) is 10.1 Å². The van der Waals surface area contributed by atoms with Crippen molar-refractivity contribution in [1.82, 2.24) is 10.3 Å². The average Bonchev–Trinajstić information content (AvgIpc) is 2.84. The standard InChI is InChI=1S/C11H15ClN4O2/c12-10-5-9(16(17)18)7-15-11(10)14-4-2-8-1-3-13-6-8/h5,7-8,13H,1-4,6H2,(H,14,15). The van der Waals surface area contributed by atoms with Crippen LogP contribution in [0.25, 0.3) is 0 Å². The molecule has 1 atom stereocenters. The molecule has 1 fully saturated rings. The number of pyridine rings is 1. The van der Waals surface area contributed by atoms with E-state index in [1.165, 1.54) is 18.7 Å². The van der Waals surface area contributed by atoms with Gasteiger partial charge in [0.25, 0.3) is 5.69 Å². The highest BCUT2D eigenvalue weighted by atomic mass is 35.5. The monoisotopic (exact) mass is 270 g/mol. The second-order valence-corrected chi connectivity index (χ2v) is 4.76. The van der Waals surface area contributed by atoms with E-state index in [-0.39, 0.29) is 10.7 Å². The molecule has 0 amide bonds. The Morgan fingerprint density at radius 1 is 1.67 bits per heavy atom. The third kappa shape index (κ3) is 3.30. The molecule has 2 heterocycles. The van der Waals surface area contributed by atoms with Crippen molar-refractivity contribution >= 4 is 23.1 Å². The van der Waals surface area contributed by atoms with Crippen LogP contribution in [0.3, 0.4) is 0 Å². The van der Waals surface area contributed by atoms with Crippen LogP contribution in [0.5, 0.6) is 0 Å². The third-order valence-electron chi connectivity index (χ3n) is 3.04. The summed E-state index contributed by atoms with van der Waals surface area (Å²) in [5.74, 6) is 1.20. The van der Waals surface area contributed by atoms with Crippen LogP contribution in [0.2, 0.25) is 5.02 Å². The van der Waals surface area contributed by atoms with E-state index < -0.39 is 4.92 Å². The molecule has 0 aromatic carbocycles. The summed E-state index contributed by atoms with van der Waals surface area (Å²) in [5, 5.41) is 17.2. The molecule has 98 valence electrons. The zero-order valence-electron chi connectivity index (χ0n) is 9.86. The number of anilines is 1. The van der Waals surface area contributed by atoms with Gasteiger partial charge in [0.1, 0.15) is 12.0 Å². The van der Waals surface area contributed by atoms with Gasteiger partial charge < -0.3 is 10.6 Å². The lowest BCUT2D eigenvalue weighted by atomic mass is 10.1. The predicted octanol–water partition coefficient (Wildman–Crippen LogP) is 2.05. The van der Waals surface area contributed by atoms with Gasteiger partial charge in [-0.3, -0.25) is 10.1 Å². The molecule has 1 unspecified atom stereocenters. The second kappa shape index (κ2) is 5.97. The Kier molecular flexibility index (Phi) is 4.33. The van der Waals surface area contributed by atoms with Crippen molar-refractivity contribution in [2.24, 2.45) is 5.92 Å². The lowest BCUT2D eigenvalue weighted by Crippen LogP contribution is -2.13. The van der Waals surface area contributed by atoms with Crippen molar-refractivity contribution in [3.05, 3.63) is 27.4 Å². The summed E-state index contributed by atoms with van der Waals surface area (Å²) in [6.45, 7) is 2.92. The van der Waals surface area contributed by atoms with Crippen molar-refractivity contribution in [3.8, 4) is 0 Å². The molecule has 0 bridgehead atoms. The summed E-state index contributed by atoms with van der Waals surface area (Å²) < 4.78 is 0. The Bertz CT molecular complexity index is 435. The molecular formula is C11H15ClN4O2. The molecule has 0 radical (unpaired) electrons. The minimum atomic E-state index is -0.507. The van der Waals surface area contributed by atoms with Gasteiger partial charge in [0.15, 0.2) is 0 Å². The molecule has 0 aliphatic carbocycles. The minimum absolute atomic E-state index is 0.0921. The lowest BCUT2D eigenvalue weighted by Gasteiger charge is -2.10. The molecule has 1 aromatic rings. The number of hydrogen-bond donors (Lipinski definition) is 2. The van der Waals surface area contributed by atoms with Gasteiger partial charge in [0, 0.05) is 12.6 Å². The fourth-order valence-corrected chi connectivity index (χ4v) is 2.24. The van der Waals surface area contributed by atoms with Gasteiger partial charge in [0.2, 0.25) is 0 Å². The van der Waals surface area contributed by atoms with Crippen LogP contribution in [0, 0.1) is 16.0 Å². The quantitative estimate of drug-likeness (QED) is 0.632. The minimum Gasteiger partial charge on any atom is -0.369 e. The number of halogens is 1. The molecule has 7 heteroatoms. The summed E-state index contributed by atoms with van der Waals surface area (Å²) >= 11 is 5.93. The largest absolute Gasteiger partial charge is 0.369 e. The molecule has 2 N–H and O–H groups in total. The summed E-state index contributed by atoms with van der Waals surface area (Å²) in [5.41, 5.74) is -0.0921. The maximum atomic E-state index is 10.5. The SMILES string of the molecule is O=[N+]([O-])c1cnc(NCCC2CCNC2)c(Cl)c1. The average molecular weight is 271 g/mol. The summed E-state index contributed by atoms with van der Waals surface area (Å²) in [4.78, 5) is 14.0. The van der Waals surface area contributed by atoms with Crippen LogP contribution in [0.4, 0.5) is 11.5 Å². The van der Waals surface area contributed by atoms with Crippen molar-refractivity contribution in [2.45, 2.75) is 12.8 Å². The molecule has 1 aliphatic rings. The van der Waals surface area contributed by atoms with Gasteiger partial charge in [0.05, 0.1) is 9.95 Å². The maximum Gasteiger partial charge on any atom is 0.289 e. The van der Waals surface area contributed by atoms with E-state index in [0.717, 1.165) is 26.1 Å². The highest BCUT2D eigenvalue weighted by Gasteiger charge is 2.14. The second-order valence-electron chi connectivity index (χ2n) is 4.36. The van der Waals surface area contributed by atoms with Crippen LogP contribution in [0.15, 0.2) is 12.3 Å². The fraction of sp³-hybridized carbons (Fsp3) is 0.545. The Morgan fingerprint density at radius 2 is 2.50 bits per heavy atom. The lowest BCUT2D eigenvalue weighted by molar-refractivity contribution is -0.385. The van der Waals surface area contributed by atoms with Gasteiger partial charge in [-0.25, -0.2) is 4.98 Å². The molecule has 1 aromatic heterocycles. The molecule has 1 saturated heterocycles. The van der Waals surface area contributed by atoms with Crippen LogP contribution in [0.1, 0.15) is 12.8 Å².